The minimum Gasteiger partial charge on any atom is -0.494 e. The molecule has 9 heteroatoms. The molecule has 0 radical (unpaired) electrons. The zero-order valence-corrected chi connectivity index (χ0v) is 22.6. The molecular weight excluding hydrogens is 486 g/mol. The van der Waals surface area contributed by atoms with Crippen molar-refractivity contribution in [2.45, 2.75) is 32.2 Å². The number of piperazine rings is 1. The molecule has 2 saturated heterocycles. The molecule has 2 amide bonds. The van der Waals surface area contributed by atoms with Crippen molar-refractivity contribution in [1.82, 2.24) is 14.7 Å². The van der Waals surface area contributed by atoms with Gasteiger partial charge in [0, 0.05) is 38.4 Å². The lowest BCUT2D eigenvalue weighted by atomic mass is 10.1. The van der Waals surface area contributed by atoms with Gasteiger partial charge in [-0.3, -0.25) is 14.5 Å². The summed E-state index contributed by atoms with van der Waals surface area (Å²) in [6, 6.07) is 16.1. The van der Waals surface area contributed by atoms with Crippen LogP contribution in [0, 0.1) is 0 Å². The largest absolute Gasteiger partial charge is 0.494 e. The van der Waals surface area contributed by atoms with Gasteiger partial charge in [0.05, 0.1) is 18.7 Å². The van der Waals surface area contributed by atoms with E-state index < -0.39 is 6.04 Å². The lowest BCUT2D eigenvalue weighted by molar-refractivity contribution is -0.124. The number of nitrogens with zero attached hydrogens (tertiary/aromatic N) is 4. The summed E-state index contributed by atoms with van der Waals surface area (Å²) in [6.45, 7) is 8.50. The lowest BCUT2D eigenvalue weighted by Gasteiger charge is -2.33. The fourth-order valence-electron chi connectivity index (χ4n) is 4.68. The van der Waals surface area contributed by atoms with Gasteiger partial charge in [-0.15, -0.1) is 0 Å². The minimum atomic E-state index is -0.632. The first-order valence-corrected chi connectivity index (χ1v) is 13.5. The molecule has 2 aromatic carbocycles. The van der Waals surface area contributed by atoms with E-state index in [4.69, 9.17) is 17.0 Å². The second-order valence-corrected chi connectivity index (χ2v) is 9.99. The summed E-state index contributed by atoms with van der Waals surface area (Å²) >= 11 is 5.78. The van der Waals surface area contributed by atoms with Gasteiger partial charge in [-0.1, -0.05) is 25.1 Å². The third-order valence-electron chi connectivity index (χ3n) is 6.79. The van der Waals surface area contributed by atoms with E-state index in [0.29, 0.717) is 24.0 Å². The van der Waals surface area contributed by atoms with Crippen LogP contribution in [0.1, 0.15) is 26.2 Å². The average Bonchev–Trinajstić information content (AvgIpc) is 3.13. The lowest BCUT2D eigenvalue weighted by Crippen LogP contribution is -2.45. The van der Waals surface area contributed by atoms with Crippen LogP contribution in [0.3, 0.4) is 0 Å². The molecule has 4 rings (SSSR count). The standard InChI is InChI=1S/C28H37N5O3S/c1-3-20-36-24-12-10-22(11-13-24)29-26(34)21-25-27(35)33(23-8-5-4-6-9-23)28(37)32(25)15-7-14-31-18-16-30(2)17-19-31/h4-6,8-13,25H,3,7,14-21H2,1-2H3,(H,29,34)/t25-/m0/s1. The van der Waals surface area contributed by atoms with Crippen LogP contribution in [0.25, 0.3) is 0 Å². The van der Waals surface area contributed by atoms with E-state index in [1.54, 1.807) is 4.90 Å². The molecule has 2 heterocycles. The van der Waals surface area contributed by atoms with Crippen LogP contribution in [0.4, 0.5) is 11.4 Å². The zero-order valence-electron chi connectivity index (χ0n) is 21.8. The van der Waals surface area contributed by atoms with Gasteiger partial charge in [0.25, 0.3) is 5.91 Å². The summed E-state index contributed by atoms with van der Waals surface area (Å²) in [5.74, 6) is 0.387. The Morgan fingerprint density at radius 2 is 1.73 bits per heavy atom. The maximum absolute atomic E-state index is 13.5. The van der Waals surface area contributed by atoms with E-state index in [2.05, 4.69) is 29.1 Å². The Balaban J connectivity index is 1.41. The molecule has 198 valence electrons. The first kappa shape index (κ1) is 27.0. The number of thiocarbonyl (C=S) groups is 1. The van der Waals surface area contributed by atoms with Crippen molar-refractivity contribution in [3.63, 3.8) is 0 Å². The van der Waals surface area contributed by atoms with E-state index in [1.807, 2.05) is 59.5 Å². The summed E-state index contributed by atoms with van der Waals surface area (Å²) in [5.41, 5.74) is 1.40. The van der Waals surface area contributed by atoms with E-state index in [-0.39, 0.29) is 18.2 Å². The number of carbonyl (C=O) groups excluding carboxylic acids is 2. The number of hydrogen-bond donors (Lipinski definition) is 1. The topological polar surface area (TPSA) is 68.4 Å². The number of ether oxygens (including phenoxy) is 1. The number of anilines is 2. The van der Waals surface area contributed by atoms with Gasteiger partial charge in [-0.2, -0.15) is 0 Å². The number of amides is 2. The predicted molar refractivity (Wildman–Crippen MR) is 151 cm³/mol. The molecule has 37 heavy (non-hydrogen) atoms. The van der Waals surface area contributed by atoms with Crippen molar-refractivity contribution in [1.29, 1.82) is 0 Å². The SMILES string of the molecule is CCCOc1ccc(NC(=O)C[C@H]2C(=O)N(c3ccccc3)C(=S)N2CCCN2CCN(C)CC2)cc1. The smallest absolute Gasteiger partial charge is 0.256 e. The summed E-state index contributed by atoms with van der Waals surface area (Å²) < 4.78 is 5.61. The zero-order chi connectivity index (χ0) is 26.2. The fraction of sp³-hybridized carbons (Fsp3) is 0.464. The second kappa shape index (κ2) is 13.0. The predicted octanol–water partition coefficient (Wildman–Crippen LogP) is 3.44. The highest BCUT2D eigenvalue weighted by Crippen LogP contribution is 2.27. The highest BCUT2D eigenvalue weighted by molar-refractivity contribution is 7.80. The Hall–Kier alpha value is -3.01. The number of likely N-dealkylation sites (N-methyl/N-ethyl adjacent to an activating group) is 1. The summed E-state index contributed by atoms with van der Waals surface area (Å²) in [6.07, 6.45) is 1.84. The first-order chi connectivity index (χ1) is 18.0. The van der Waals surface area contributed by atoms with E-state index in [9.17, 15) is 9.59 Å². The number of para-hydroxylation sites is 1. The highest BCUT2D eigenvalue weighted by Gasteiger charge is 2.43. The van der Waals surface area contributed by atoms with Gasteiger partial charge in [0.1, 0.15) is 11.8 Å². The third-order valence-corrected chi connectivity index (χ3v) is 7.21. The van der Waals surface area contributed by atoms with Crippen molar-refractivity contribution >= 4 is 40.5 Å². The van der Waals surface area contributed by atoms with Crippen molar-refractivity contribution in [2.24, 2.45) is 0 Å². The summed E-state index contributed by atoms with van der Waals surface area (Å²) in [7, 11) is 2.15. The molecular formula is C28H37N5O3S. The molecule has 0 aliphatic carbocycles. The summed E-state index contributed by atoms with van der Waals surface area (Å²) in [4.78, 5) is 34.9. The Morgan fingerprint density at radius 1 is 1.03 bits per heavy atom. The van der Waals surface area contributed by atoms with Crippen LogP contribution in [-0.4, -0.2) is 90.6 Å². The number of rotatable bonds is 11. The van der Waals surface area contributed by atoms with Crippen molar-refractivity contribution in [2.75, 3.05) is 63.1 Å². The van der Waals surface area contributed by atoms with Gasteiger partial charge in [-0.05, 0) is 75.1 Å². The Bertz CT molecular complexity index is 1060. The van der Waals surface area contributed by atoms with Crippen molar-refractivity contribution in [3.05, 3.63) is 54.6 Å². The monoisotopic (exact) mass is 523 g/mol. The molecule has 0 saturated carbocycles. The number of carbonyl (C=O) groups is 2. The maximum atomic E-state index is 13.5. The van der Waals surface area contributed by atoms with E-state index in [1.165, 1.54) is 0 Å². The fourth-order valence-corrected chi connectivity index (χ4v) is 5.09. The molecule has 0 bridgehead atoms. The third kappa shape index (κ3) is 7.06. The molecule has 0 unspecified atom stereocenters. The second-order valence-electron chi connectivity index (χ2n) is 9.62. The summed E-state index contributed by atoms with van der Waals surface area (Å²) in [5, 5.41) is 3.39. The van der Waals surface area contributed by atoms with Gasteiger partial charge >= 0.3 is 0 Å². The maximum Gasteiger partial charge on any atom is 0.256 e. The molecule has 8 nitrogen and oxygen atoms in total. The van der Waals surface area contributed by atoms with Crippen LogP contribution >= 0.6 is 12.2 Å². The van der Waals surface area contributed by atoms with E-state index in [0.717, 1.165) is 57.0 Å². The van der Waals surface area contributed by atoms with Gasteiger partial charge < -0.3 is 24.8 Å². The average molecular weight is 524 g/mol. The molecule has 2 aliphatic heterocycles. The van der Waals surface area contributed by atoms with Crippen LogP contribution in [0.15, 0.2) is 54.6 Å². The molecule has 0 spiro atoms. The van der Waals surface area contributed by atoms with Gasteiger partial charge in [-0.25, -0.2) is 0 Å². The van der Waals surface area contributed by atoms with Crippen molar-refractivity contribution in [3.8, 4) is 5.75 Å². The first-order valence-electron chi connectivity index (χ1n) is 13.1. The number of nitrogens with one attached hydrogen (secondary N) is 1. The van der Waals surface area contributed by atoms with Crippen LogP contribution in [-0.2, 0) is 9.59 Å². The van der Waals surface area contributed by atoms with Crippen LogP contribution in [0.5, 0.6) is 5.75 Å². The quantitative estimate of drug-likeness (QED) is 0.453. The molecule has 2 aromatic rings. The number of hydrogen-bond acceptors (Lipinski definition) is 6. The normalized spacial score (nSPS) is 18.9. The van der Waals surface area contributed by atoms with Gasteiger partial charge in [0.2, 0.25) is 5.91 Å². The highest BCUT2D eigenvalue weighted by atomic mass is 32.1. The minimum absolute atomic E-state index is 0.0326. The Labute approximate surface area is 225 Å². The van der Waals surface area contributed by atoms with Gasteiger partial charge in [0.15, 0.2) is 5.11 Å². The Morgan fingerprint density at radius 3 is 2.41 bits per heavy atom. The molecule has 2 fully saturated rings. The molecule has 2 aliphatic rings. The van der Waals surface area contributed by atoms with Crippen molar-refractivity contribution < 1.29 is 14.3 Å². The molecule has 1 atom stereocenters. The molecule has 0 aromatic heterocycles. The van der Waals surface area contributed by atoms with E-state index >= 15 is 0 Å². The van der Waals surface area contributed by atoms with Crippen LogP contribution in [0.2, 0.25) is 0 Å². The Kier molecular flexibility index (Phi) is 9.49. The molecule has 1 N–H and O–H groups in total. The van der Waals surface area contributed by atoms with Crippen LogP contribution < -0.4 is 15.0 Å². The number of benzene rings is 2.